The zero-order valence-corrected chi connectivity index (χ0v) is 15.1. The van der Waals surface area contributed by atoms with Crippen molar-refractivity contribution < 1.29 is 14.3 Å². The normalized spacial score (nSPS) is 10.7. The lowest BCUT2D eigenvalue weighted by atomic mass is 10.1. The topological polar surface area (TPSA) is 96.1 Å². The van der Waals surface area contributed by atoms with Gasteiger partial charge in [-0.25, -0.2) is 0 Å². The molecule has 140 valence electrons. The van der Waals surface area contributed by atoms with E-state index >= 15 is 0 Å². The summed E-state index contributed by atoms with van der Waals surface area (Å²) in [5.74, 6) is -0.566. The van der Waals surface area contributed by atoms with Gasteiger partial charge in [0.15, 0.2) is 0 Å². The summed E-state index contributed by atoms with van der Waals surface area (Å²) >= 11 is 0. The molecule has 0 saturated heterocycles. The van der Waals surface area contributed by atoms with E-state index in [1.807, 2.05) is 24.4 Å². The smallest absolute Gasteiger partial charge is 0.269 e. The Hall–Kier alpha value is -3.19. The highest BCUT2D eigenvalue weighted by molar-refractivity contribution is 5.98. The molecule has 0 spiro atoms. The molecule has 0 radical (unpaired) electrons. The molecular weight excluding hydrogens is 344 g/mol. The molecule has 7 nitrogen and oxygen atoms in total. The molecule has 3 N–H and O–H groups in total. The molecule has 0 saturated carbocycles. The Kier molecular flexibility index (Phi) is 6.17. The largest absolute Gasteiger partial charge is 0.383 e. The highest BCUT2D eigenvalue weighted by Gasteiger charge is 2.11. The van der Waals surface area contributed by atoms with Crippen LogP contribution in [0.2, 0.25) is 0 Å². The lowest BCUT2D eigenvalue weighted by Gasteiger charge is -2.07. The third kappa shape index (κ3) is 4.71. The van der Waals surface area contributed by atoms with Gasteiger partial charge in [0.2, 0.25) is 0 Å². The molecule has 0 aliphatic carbocycles. The van der Waals surface area contributed by atoms with Crippen molar-refractivity contribution in [1.29, 1.82) is 0 Å². The molecule has 2 amide bonds. The molecule has 7 heteroatoms. The average Bonchev–Trinajstić information content (AvgIpc) is 3.11. The van der Waals surface area contributed by atoms with Crippen molar-refractivity contribution in [2.24, 2.45) is 0 Å². The van der Waals surface area contributed by atoms with E-state index in [2.05, 4.69) is 26.7 Å². The fraction of sp³-hybridized carbons (Fsp3) is 0.250. The van der Waals surface area contributed by atoms with E-state index in [9.17, 15) is 9.59 Å². The van der Waals surface area contributed by atoms with Crippen molar-refractivity contribution in [2.45, 2.75) is 6.42 Å². The van der Waals surface area contributed by atoms with Crippen LogP contribution < -0.4 is 10.6 Å². The van der Waals surface area contributed by atoms with Gasteiger partial charge in [-0.2, -0.15) is 0 Å². The van der Waals surface area contributed by atoms with Crippen molar-refractivity contribution in [2.75, 3.05) is 26.8 Å². The zero-order chi connectivity index (χ0) is 19.1. The predicted octanol–water partition coefficient (Wildman–Crippen LogP) is 1.91. The third-order valence-electron chi connectivity index (χ3n) is 4.20. The number of carbonyl (C=O) groups excluding carboxylic acids is 2. The molecule has 0 atom stereocenters. The van der Waals surface area contributed by atoms with Crippen LogP contribution in [-0.4, -0.2) is 48.6 Å². The van der Waals surface area contributed by atoms with Crippen molar-refractivity contribution in [3.8, 4) is 0 Å². The Labute approximate surface area is 157 Å². The minimum absolute atomic E-state index is 0.204. The number of carbonyl (C=O) groups is 2. The maximum atomic E-state index is 12.4. The van der Waals surface area contributed by atoms with Crippen molar-refractivity contribution >= 4 is 22.7 Å². The fourth-order valence-corrected chi connectivity index (χ4v) is 2.80. The first-order valence-corrected chi connectivity index (χ1v) is 8.75. The number of amides is 2. The molecule has 3 rings (SSSR count). The second-order valence-corrected chi connectivity index (χ2v) is 6.04. The van der Waals surface area contributed by atoms with Gasteiger partial charge in [-0.15, -0.1) is 0 Å². The fourth-order valence-electron chi connectivity index (χ4n) is 2.80. The zero-order valence-electron chi connectivity index (χ0n) is 15.1. The maximum absolute atomic E-state index is 12.4. The Morgan fingerprint density at radius 1 is 1.11 bits per heavy atom. The number of nitrogens with one attached hydrogen (secondary N) is 3. The Bertz CT molecular complexity index is 936. The van der Waals surface area contributed by atoms with Crippen LogP contribution >= 0.6 is 0 Å². The SMILES string of the molecule is COCCNC(=O)c1cc(C(=O)NCCc2c[nH]c3ccccc23)ccn1. The Morgan fingerprint density at radius 2 is 1.93 bits per heavy atom. The summed E-state index contributed by atoms with van der Waals surface area (Å²) in [6.07, 6.45) is 4.14. The minimum Gasteiger partial charge on any atom is -0.383 e. The molecule has 0 fully saturated rings. The molecule has 1 aromatic carbocycles. The van der Waals surface area contributed by atoms with E-state index in [0.717, 1.165) is 16.5 Å². The number of fused-ring (bicyclic) bond motifs is 1. The average molecular weight is 366 g/mol. The van der Waals surface area contributed by atoms with Gasteiger partial charge >= 0.3 is 0 Å². The number of hydrogen-bond donors (Lipinski definition) is 3. The summed E-state index contributed by atoms with van der Waals surface area (Å²) < 4.78 is 4.89. The Balaban J connectivity index is 1.56. The van der Waals surface area contributed by atoms with Crippen LogP contribution in [0.3, 0.4) is 0 Å². The second-order valence-electron chi connectivity index (χ2n) is 6.04. The van der Waals surface area contributed by atoms with Crippen LogP contribution in [0.1, 0.15) is 26.4 Å². The standard InChI is InChI=1S/C20H22N4O3/c1-27-11-10-23-20(26)18-12-14(6-8-21-18)19(25)22-9-7-15-13-24-17-5-3-2-4-16(15)17/h2-6,8,12-13,24H,7,9-11H2,1H3,(H,22,25)(H,23,26). The number of ether oxygens (including phenoxy) is 1. The number of hydrogen-bond acceptors (Lipinski definition) is 4. The minimum atomic E-state index is -0.333. The van der Waals surface area contributed by atoms with E-state index in [1.165, 1.54) is 12.3 Å². The molecule has 27 heavy (non-hydrogen) atoms. The third-order valence-corrected chi connectivity index (χ3v) is 4.20. The highest BCUT2D eigenvalue weighted by Crippen LogP contribution is 2.17. The molecule has 0 aliphatic heterocycles. The van der Waals surface area contributed by atoms with Gasteiger partial charge in [0, 0.05) is 49.1 Å². The molecule has 0 aliphatic rings. The van der Waals surface area contributed by atoms with E-state index in [1.54, 1.807) is 13.2 Å². The van der Waals surface area contributed by atoms with Crippen molar-refractivity contribution in [3.05, 3.63) is 65.6 Å². The summed E-state index contributed by atoms with van der Waals surface area (Å²) in [4.78, 5) is 31.6. The molecule has 2 heterocycles. The first-order chi connectivity index (χ1) is 13.2. The highest BCUT2D eigenvalue weighted by atomic mass is 16.5. The number of pyridine rings is 1. The summed E-state index contributed by atoms with van der Waals surface area (Å²) in [6.45, 7) is 1.30. The van der Waals surface area contributed by atoms with Crippen LogP contribution in [0.25, 0.3) is 10.9 Å². The number of aromatic amines is 1. The van der Waals surface area contributed by atoms with Gasteiger partial charge < -0.3 is 20.4 Å². The van der Waals surface area contributed by atoms with Gasteiger partial charge in [0.25, 0.3) is 11.8 Å². The lowest BCUT2D eigenvalue weighted by Crippen LogP contribution is -2.29. The van der Waals surface area contributed by atoms with Crippen molar-refractivity contribution in [3.63, 3.8) is 0 Å². The van der Waals surface area contributed by atoms with Crippen LogP contribution in [-0.2, 0) is 11.2 Å². The van der Waals surface area contributed by atoms with Crippen LogP contribution in [0.15, 0.2) is 48.8 Å². The first-order valence-electron chi connectivity index (χ1n) is 8.75. The van der Waals surface area contributed by atoms with Gasteiger partial charge in [0.1, 0.15) is 5.69 Å². The summed E-state index contributed by atoms with van der Waals surface area (Å²) in [5, 5.41) is 6.73. The number of nitrogens with zero attached hydrogens (tertiary/aromatic N) is 1. The molecule has 0 unspecified atom stereocenters. The van der Waals surface area contributed by atoms with E-state index in [0.29, 0.717) is 31.7 Å². The van der Waals surface area contributed by atoms with Crippen LogP contribution in [0, 0.1) is 0 Å². The first kappa shape index (κ1) is 18.6. The molecular formula is C20H22N4O3. The number of para-hydroxylation sites is 1. The molecule has 3 aromatic rings. The summed E-state index contributed by atoms with van der Waals surface area (Å²) in [5.41, 5.74) is 2.84. The number of H-pyrrole nitrogens is 1. The van der Waals surface area contributed by atoms with Crippen molar-refractivity contribution in [1.82, 2.24) is 20.6 Å². The van der Waals surface area contributed by atoms with E-state index < -0.39 is 0 Å². The maximum Gasteiger partial charge on any atom is 0.269 e. The van der Waals surface area contributed by atoms with E-state index in [4.69, 9.17) is 4.74 Å². The van der Waals surface area contributed by atoms with Gasteiger partial charge in [-0.3, -0.25) is 14.6 Å². The van der Waals surface area contributed by atoms with Crippen LogP contribution in [0.5, 0.6) is 0 Å². The number of methoxy groups -OCH3 is 1. The quantitative estimate of drug-likeness (QED) is 0.531. The summed E-state index contributed by atoms with van der Waals surface area (Å²) in [6, 6.07) is 11.1. The number of rotatable bonds is 8. The number of benzene rings is 1. The van der Waals surface area contributed by atoms with Gasteiger partial charge in [-0.1, -0.05) is 18.2 Å². The van der Waals surface area contributed by atoms with Gasteiger partial charge in [0.05, 0.1) is 6.61 Å². The molecule has 2 aromatic heterocycles. The lowest BCUT2D eigenvalue weighted by molar-refractivity contribution is 0.0932. The Morgan fingerprint density at radius 3 is 2.78 bits per heavy atom. The van der Waals surface area contributed by atoms with E-state index in [-0.39, 0.29) is 17.5 Å². The second kappa shape index (κ2) is 8.95. The monoisotopic (exact) mass is 366 g/mol. The van der Waals surface area contributed by atoms with Crippen LogP contribution in [0.4, 0.5) is 0 Å². The molecule has 0 bridgehead atoms. The number of aromatic nitrogens is 2. The summed E-state index contributed by atoms with van der Waals surface area (Å²) in [7, 11) is 1.56. The van der Waals surface area contributed by atoms with Gasteiger partial charge in [-0.05, 0) is 30.2 Å². The predicted molar refractivity (Wildman–Crippen MR) is 103 cm³/mol.